The lowest BCUT2D eigenvalue weighted by atomic mass is 10.0. The lowest BCUT2D eigenvalue weighted by Gasteiger charge is -2.23. The molecule has 2 rings (SSSR count). The molecule has 4 N–H and O–H groups in total. The van der Waals surface area contributed by atoms with Crippen LogP contribution in [-0.2, 0) is 27.4 Å². The molecule has 8 heteroatoms. The molecule has 0 fully saturated rings. The number of hydrogen-bond donors (Lipinski definition) is 3. The van der Waals surface area contributed by atoms with Gasteiger partial charge in [-0.2, -0.15) is 0 Å². The van der Waals surface area contributed by atoms with Crippen molar-refractivity contribution >= 4 is 33.8 Å². The van der Waals surface area contributed by atoms with E-state index >= 15 is 0 Å². The van der Waals surface area contributed by atoms with E-state index in [1.54, 1.807) is 0 Å². The van der Waals surface area contributed by atoms with Gasteiger partial charge in [-0.25, -0.2) is 4.79 Å². The number of nitrogens with two attached hydrogens (primary N) is 1. The fourth-order valence-corrected chi connectivity index (χ4v) is 3.44. The average molecular weight is 490 g/mol. The molecule has 1 unspecified atom stereocenters. The van der Waals surface area contributed by atoms with Gasteiger partial charge in [-0.1, -0.05) is 78.3 Å². The minimum Gasteiger partial charge on any atom is -0.445 e. The van der Waals surface area contributed by atoms with E-state index in [1.807, 2.05) is 68.4 Å². The lowest BCUT2D eigenvalue weighted by Crippen LogP contribution is -2.54. The van der Waals surface area contributed by atoms with E-state index in [4.69, 9.17) is 10.5 Å². The predicted octanol–water partition coefficient (Wildman–Crippen LogP) is 3.30. The summed E-state index contributed by atoms with van der Waals surface area (Å²) in [7, 11) is 0. The van der Waals surface area contributed by atoms with E-state index in [0.29, 0.717) is 6.42 Å². The smallest absolute Gasteiger partial charge is 0.408 e. The Kier molecular flexibility index (Phi) is 9.52. The van der Waals surface area contributed by atoms with E-state index in [1.165, 1.54) is 0 Å². The van der Waals surface area contributed by atoms with Crippen LogP contribution in [0.1, 0.15) is 31.4 Å². The van der Waals surface area contributed by atoms with E-state index in [-0.39, 0.29) is 18.9 Å². The van der Waals surface area contributed by atoms with Crippen LogP contribution < -0.4 is 16.4 Å². The van der Waals surface area contributed by atoms with Gasteiger partial charge in [-0.15, -0.1) is 0 Å². The van der Waals surface area contributed by atoms with Crippen LogP contribution in [0.2, 0.25) is 0 Å². The molecule has 0 aliphatic carbocycles. The van der Waals surface area contributed by atoms with Gasteiger partial charge in [-0.3, -0.25) is 9.59 Å². The third-order valence-electron chi connectivity index (χ3n) is 4.57. The number of carbonyl (C=O) groups is 3. The number of ether oxygens (including phenoxy) is 1. The monoisotopic (exact) mass is 489 g/mol. The second-order valence-corrected chi connectivity index (χ2v) is 8.50. The normalized spacial score (nSPS) is 12.6. The standard InChI is InChI=1S/C23H28BrN3O4/c1-15(2)12-19(21(25)28)26-22(29)20(13-17-10-6-7-11-18(17)24)27-23(30)31-14-16-8-4-3-5-9-16/h3-11,15,19-20H,12-14H2,1-2H3,(H2,25,28)(H,26,29)(H,27,30)/t19-,20?/m0/s1. The number of primary amides is 1. The van der Waals surface area contributed by atoms with Crippen molar-refractivity contribution in [3.8, 4) is 0 Å². The quantitative estimate of drug-likeness (QED) is 0.475. The average Bonchev–Trinajstić information content (AvgIpc) is 2.73. The van der Waals surface area contributed by atoms with Crippen molar-refractivity contribution < 1.29 is 19.1 Å². The molecule has 0 aliphatic rings. The van der Waals surface area contributed by atoms with Crippen molar-refractivity contribution in [2.75, 3.05) is 0 Å². The highest BCUT2D eigenvalue weighted by Crippen LogP contribution is 2.18. The highest BCUT2D eigenvalue weighted by atomic mass is 79.9. The van der Waals surface area contributed by atoms with Crippen molar-refractivity contribution in [1.29, 1.82) is 0 Å². The van der Waals surface area contributed by atoms with E-state index < -0.39 is 30.0 Å². The molecule has 0 heterocycles. The Balaban J connectivity index is 2.11. The summed E-state index contributed by atoms with van der Waals surface area (Å²) in [5, 5.41) is 5.28. The first-order valence-corrected chi connectivity index (χ1v) is 10.9. The van der Waals surface area contributed by atoms with Gasteiger partial charge in [-0.05, 0) is 29.5 Å². The molecule has 2 atom stereocenters. The summed E-state index contributed by atoms with van der Waals surface area (Å²) >= 11 is 3.46. The highest BCUT2D eigenvalue weighted by Gasteiger charge is 2.27. The Hall–Kier alpha value is -2.87. The van der Waals surface area contributed by atoms with Gasteiger partial charge >= 0.3 is 6.09 Å². The van der Waals surface area contributed by atoms with Gasteiger partial charge in [0.05, 0.1) is 0 Å². The Labute approximate surface area is 190 Å². The second-order valence-electron chi connectivity index (χ2n) is 7.65. The zero-order chi connectivity index (χ0) is 22.8. The van der Waals surface area contributed by atoms with Gasteiger partial charge in [0.2, 0.25) is 11.8 Å². The van der Waals surface area contributed by atoms with E-state index in [0.717, 1.165) is 15.6 Å². The van der Waals surface area contributed by atoms with Crippen molar-refractivity contribution in [2.24, 2.45) is 11.7 Å². The molecule has 0 bridgehead atoms. The number of benzene rings is 2. The molecule has 7 nitrogen and oxygen atoms in total. The Morgan fingerprint density at radius 1 is 0.968 bits per heavy atom. The predicted molar refractivity (Wildman–Crippen MR) is 122 cm³/mol. The summed E-state index contributed by atoms with van der Waals surface area (Å²) in [6.07, 6.45) is -0.113. The lowest BCUT2D eigenvalue weighted by molar-refractivity contribution is -0.128. The Bertz CT molecular complexity index is 889. The molecule has 0 aromatic heterocycles. The third-order valence-corrected chi connectivity index (χ3v) is 5.34. The summed E-state index contributed by atoms with van der Waals surface area (Å²) in [5.41, 5.74) is 7.10. The van der Waals surface area contributed by atoms with Crippen LogP contribution in [0.15, 0.2) is 59.1 Å². The molecule has 166 valence electrons. The van der Waals surface area contributed by atoms with Gasteiger partial charge in [0.25, 0.3) is 0 Å². The third kappa shape index (κ3) is 8.41. The molecule has 0 aliphatic heterocycles. The Morgan fingerprint density at radius 3 is 2.23 bits per heavy atom. The summed E-state index contributed by atoms with van der Waals surface area (Å²) in [5.74, 6) is -0.964. The number of hydrogen-bond acceptors (Lipinski definition) is 4. The molecule has 0 saturated heterocycles. The number of amides is 3. The molecule has 3 amide bonds. The maximum Gasteiger partial charge on any atom is 0.408 e. The zero-order valence-corrected chi connectivity index (χ0v) is 19.2. The van der Waals surface area contributed by atoms with Gasteiger partial charge in [0.15, 0.2) is 0 Å². The summed E-state index contributed by atoms with van der Waals surface area (Å²) in [4.78, 5) is 37.1. The molecule has 2 aromatic carbocycles. The maximum absolute atomic E-state index is 13.0. The fraction of sp³-hybridized carbons (Fsp3) is 0.348. The summed E-state index contributed by atoms with van der Waals surface area (Å²) in [6.45, 7) is 3.94. The van der Waals surface area contributed by atoms with Crippen molar-refractivity contribution in [3.63, 3.8) is 0 Å². The number of alkyl carbamates (subject to hydrolysis) is 1. The van der Waals surface area contributed by atoms with Crippen LogP contribution in [0.5, 0.6) is 0 Å². The number of nitrogens with one attached hydrogen (secondary N) is 2. The largest absolute Gasteiger partial charge is 0.445 e. The molecular weight excluding hydrogens is 462 g/mol. The topological polar surface area (TPSA) is 111 Å². The number of carbonyl (C=O) groups excluding carboxylic acids is 3. The number of rotatable bonds is 10. The van der Waals surface area contributed by atoms with Crippen LogP contribution in [-0.4, -0.2) is 30.0 Å². The van der Waals surface area contributed by atoms with Crippen LogP contribution in [0.3, 0.4) is 0 Å². The summed E-state index contributed by atoms with van der Waals surface area (Å²) in [6, 6.07) is 14.9. The van der Waals surface area contributed by atoms with Crippen LogP contribution in [0.4, 0.5) is 4.79 Å². The van der Waals surface area contributed by atoms with Crippen molar-refractivity contribution in [3.05, 3.63) is 70.2 Å². The second kappa shape index (κ2) is 12.1. The maximum atomic E-state index is 13.0. The van der Waals surface area contributed by atoms with E-state index in [2.05, 4.69) is 26.6 Å². The van der Waals surface area contributed by atoms with Gasteiger partial charge in [0.1, 0.15) is 18.7 Å². The molecule has 0 saturated carbocycles. The van der Waals surface area contributed by atoms with Crippen molar-refractivity contribution in [1.82, 2.24) is 10.6 Å². The minimum atomic E-state index is -0.948. The van der Waals surface area contributed by atoms with Crippen LogP contribution >= 0.6 is 15.9 Å². The molecule has 2 aromatic rings. The zero-order valence-electron chi connectivity index (χ0n) is 17.6. The SMILES string of the molecule is CC(C)C[C@H](NC(=O)C(Cc1ccccc1Br)NC(=O)OCc1ccccc1)C(N)=O. The molecular formula is C23H28BrN3O4. The first-order chi connectivity index (χ1) is 14.8. The Morgan fingerprint density at radius 2 is 1.61 bits per heavy atom. The van der Waals surface area contributed by atoms with Crippen LogP contribution in [0, 0.1) is 5.92 Å². The highest BCUT2D eigenvalue weighted by molar-refractivity contribution is 9.10. The first kappa shape index (κ1) is 24.4. The van der Waals surface area contributed by atoms with Gasteiger partial charge in [0, 0.05) is 10.9 Å². The fourth-order valence-electron chi connectivity index (χ4n) is 2.99. The van der Waals surface area contributed by atoms with Gasteiger partial charge < -0.3 is 21.1 Å². The molecule has 0 spiro atoms. The number of halogens is 1. The van der Waals surface area contributed by atoms with Crippen LogP contribution in [0.25, 0.3) is 0 Å². The summed E-state index contributed by atoms with van der Waals surface area (Å²) < 4.78 is 6.07. The first-order valence-electron chi connectivity index (χ1n) is 10.1. The molecule has 0 radical (unpaired) electrons. The van der Waals surface area contributed by atoms with E-state index in [9.17, 15) is 14.4 Å². The minimum absolute atomic E-state index is 0.0767. The molecule has 31 heavy (non-hydrogen) atoms. The van der Waals surface area contributed by atoms with Crippen molar-refractivity contribution in [2.45, 2.75) is 45.4 Å².